The highest BCUT2D eigenvalue weighted by Crippen LogP contribution is 2.22. The molecule has 0 radical (unpaired) electrons. The highest BCUT2D eigenvalue weighted by atomic mass is 16.4. The Bertz CT molecular complexity index is 460. The van der Waals surface area contributed by atoms with Crippen LogP contribution in [0.25, 0.3) is 0 Å². The molecule has 0 spiro atoms. The van der Waals surface area contributed by atoms with Crippen molar-refractivity contribution in [1.82, 2.24) is 19.4 Å². The van der Waals surface area contributed by atoms with Gasteiger partial charge in [-0.25, -0.2) is 9.78 Å². The molecule has 0 bridgehead atoms. The number of nitrogens with zero attached hydrogens (tertiary/aromatic N) is 4. The second kappa shape index (κ2) is 6.26. The number of amides is 1. The zero-order valence-corrected chi connectivity index (χ0v) is 12.5. The van der Waals surface area contributed by atoms with E-state index in [0.29, 0.717) is 6.04 Å². The van der Waals surface area contributed by atoms with E-state index in [0.717, 1.165) is 25.2 Å². The SMILES string of the molecule is CCC(c1cn(C[C@@H]2CCCN2C)cn1)N(C)C(=O)O. The molecule has 6 nitrogen and oxygen atoms in total. The number of carbonyl (C=O) groups is 1. The lowest BCUT2D eigenvalue weighted by Crippen LogP contribution is -2.30. The van der Waals surface area contributed by atoms with Crippen LogP contribution < -0.4 is 0 Å². The number of likely N-dealkylation sites (tertiary alicyclic amines) is 1. The van der Waals surface area contributed by atoms with Crippen molar-refractivity contribution in [1.29, 1.82) is 0 Å². The Morgan fingerprint density at radius 3 is 2.95 bits per heavy atom. The fourth-order valence-corrected chi connectivity index (χ4v) is 2.92. The van der Waals surface area contributed by atoms with Crippen LogP contribution in [0.5, 0.6) is 0 Å². The van der Waals surface area contributed by atoms with Crippen molar-refractivity contribution in [3.8, 4) is 0 Å². The van der Waals surface area contributed by atoms with E-state index in [-0.39, 0.29) is 6.04 Å². The number of aromatic nitrogens is 2. The molecule has 0 aromatic carbocycles. The quantitative estimate of drug-likeness (QED) is 0.896. The minimum atomic E-state index is -0.915. The molecule has 1 unspecified atom stereocenters. The molecular weight excluding hydrogens is 256 g/mol. The van der Waals surface area contributed by atoms with E-state index in [1.54, 1.807) is 7.05 Å². The number of carboxylic acid groups (broad SMARTS) is 1. The van der Waals surface area contributed by atoms with Crippen LogP contribution in [0.4, 0.5) is 4.79 Å². The standard InChI is InChI=1S/C14H24N4O2/c1-4-13(17(3)14(19)20)12-9-18(10-15-12)8-11-6-5-7-16(11)2/h9-11,13H,4-8H2,1-3H3,(H,19,20)/t11-,13?/m0/s1. The predicted octanol–water partition coefficient (Wildman–Crippen LogP) is 2.04. The van der Waals surface area contributed by atoms with E-state index < -0.39 is 6.09 Å². The van der Waals surface area contributed by atoms with Crippen molar-refractivity contribution in [2.75, 3.05) is 20.6 Å². The van der Waals surface area contributed by atoms with Crippen LogP contribution in [-0.4, -0.2) is 57.2 Å². The van der Waals surface area contributed by atoms with Gasteiger partial charge in [-0.1, -0.05) is 6.92 Å². The molecule has 2 rings (SSSR count). The van der Waals surface area contributed by atoms with Crippen LogP contribution in [0.1, 0.15) is 37.9 Å². The summed E-state index contributed by atoms with van der Waals surface area (Å²) in [6.07, 6.45) is 6.09. The zero-order valence-electron chi connectivity index (χ0n) is 12.5. The largest absolute Gasteiger partial charge is 0.465 e. The molecule has 6 heteroatoms. The highest BCUT2D eigenvalue weighted by molar-refractivity contribution is 5.65. The normalized spacial score (nSPS) is 21.1. The van der Waals surface area contributed by atoms with Crippen molar-refractivity contribution in [3.63, 3.8) is 0 Å². The summed E-state index contributed by atoms with van der Waals surface area (Å²) >= 11 is 0. The van der Waals surface area contributed by atoms with Gasteiger partial charge in [-0.2, -0.15) is 0 Å². The van der Waals surface area contributed by atoms with E-state index in [4.69, 9.17) is 5.11 Å². The number of imidazole rings is 1. The summed E-state index contributed by atoms with van der Waals surface area (Å²) in [5.41, 5.74) is 0.832. The van der Waals surface area contributed by atoms with Gasteiger partial charge in [0.25, 0.3) is 0 Å². The topological polar surface area (TPSA) is 61.6 Å². The van der Waals surface area contributed by atoms with Gasteiger partial charge in [-0.15, -0.1) is 0 Å². The Hall–Kier alpha value is -1.56. The summed E-state index contributed by atoms with van der Waals surface area (Å²) in [7, 11) is 3.75. The summed E-state index contributed by atoms with van der Waals surface area (Å²) in [5.74, 6) is 0. The Kier molecular flexibility index (Phi) is 4.65. The predicted molar refractivity (Wildman–Crippen MR) is 76.7 cm³/mol. The van der Waals surface area contributed by atoms with E-state index in [2.05, 4.69) is 21.5 Å². The fourth-order valence-electron chi connectivity index (χ4n) is 2.92. The first-order chi connectivity index (χ1) is 9.52. The van der Waals surface area contributed by atoms with Crippen molar-refractivity contribution < 1.29 is 9.90 Å². The Morgan fingerprint density at radius 1 is 1.65 bits per heavy atom. The maximum absolute atomic E-state index is 11.1. The molecule has 1 aromatic rings. The molecule has 112 valence electrons. The van der Waals surface area contributed by atoms with Gasteiger partial charge < -0.3 is 19.5 Å². The van der Waals surface area contributed by atoms with Crippen molar-refractivity contribution in [2.24, 2.45) is 0 Å². The molecule has 1 fully saturated rings. The Morgan fingerprint density at radius 2 is 2.40 bits per heavy atom. The molecule has 1 amide bonds. The van der Waals surface area contributed by atoms with E-state index in [1.807, 2.05) is 19.4 Å². The summed E-state index contributed by atoms with van der Waals surface area (Å²) in [6.45, 7) is 4.07. The Balaban J connectivity index is 2.05. The van der Waals surface area contributed by atoms with Gasteiger partial charge in [0.15, 0.2) is 0 Å². The molecule has 2 atom stereocenters. The number of likely N-dealkylation sites (N-methyl/N-ethyl adjacent to an activating group) is 1. The zero-order chi connectivity index (χ0) is 14.7. The van der Waals surface area contributed by atoms with E-state index in [9.17, 15) is 4.79 Å². The summed E-state index contributed by atoms with van der Waals surface area (Å²) < 4.78 is 2.08. The van der Waals surface area contributed by atoms with Gasteiger partial charge in [-0.05, 0) is 32.9 Å². The van der Waals surface area contributed by atoms with Gasteiger partial charge in [0.1, 0.15) is 0 Å². The van der Waals surface area contributed by atoms with Gasteiger partial charge >= 0.3 is 6.09 Å². The van der Waals surface area contributed by atoms with Crippen molar-refractivity contribution in [3.05, 3.63) is 18.2 Å². The van der Waals surface area contributed by atoms with Gasteiger partial charge in [0.05, 0.1) is 18.1 Å². The third-order valence-corrected chi connectivity index (χ3v) is 4.24. The summed E-state index contributed by atoms with van der Waals surface area (Å²) in [6, 6.07) is 0.393. The number of hydrogen-bond acceptors (Lipinski definition) is 3. The minimum Gasteiger partial charge on any atom is -0.465 e. The monoisotopic (exact) mass is 280 g/mol. The highest BCUT2D eigenvalue weighted by Gasteiger charge is 2.24. The van der Waals surface area contributed by atoms with Crippen LogP contribution in [0.15, 0.2) is 12.5 Å². The lowest BCUT2D eigenvalue weighted by molar-refractivity contribution is 0.136. The molecule has 1 saturated heterocycles. The van der Waals surface area contributed by atoms with E-state index in [1.165, 1.54) is 17.7 Å². The van der Waals surface area contributed by atoms with Crippen LogP contribution in [-0.2, 0) is 6.54 Å². The van der Waals surface area contributed by atoms with Crippen LogP contribution >= 0.6 is 0 Å². The van der Waals surface area contributed by atoms with Gasteiger partial charge in [-0.3, -0.25) is 0 Å². The first kappa shape index (κ1) is 14.8. The van der Waals surface area contributed by atoms with Crippen LogP contribution in [0, 0.1) is 0 Å². The maximum atomic E-state index is 11.1. The number of hydrogen-bond donors (Lipinski definition) is 1. The van der Waals surface area contributed by atoms with Gasteiger partial charge in [0.2, 0.25) is 0 Å². The second-order valence-corrected chi connectivity index (χ2v) is 5.59. The molecule has 1 N–H and O–H groups in total. The summed E-state index contributed by atoms with van der Waals surface area (Å²) in [4.78, 5) is 19.2. The first-order valence-corrected chi connectivity index (χ1v) is 7.20. The molecule has 2 heterocycles. The summed E-state index contributed by atoms with van der Waals surface area (Å²) in [5, 5.41) is 9.10. The first-order valence-electron chi connectivity index (χ1n) is 7.20. The van der Waals surface area contributed by atoms with Gasteiger partial charge in [0, 0.05) is 25.8 Å². The minimum absolute atomic E-state index is 0.171. The smallest absolute Gasteiger partial charge is 0.407 e. The van der Waals surface area contributed by atoms with E-state index >= 15 is 0 Å². The average Bonchev–Trinajstić information content (AvgIpc) is 3.01. The molecule has 1 aliphatic rings. The third kappa shape index (κ3) is 3.12. The number of rotatable bonds is 5. The lowest BCUT2D eigenvalue weighted by atomic mass is 10.1. The molecule has 20 heavy (non-hydrogen) atoms. The molecule has 0 saturated carbocycles. The maximum Gasteiger partial charge on any atom is 0.407 e. The molecule has 1 aliphatic heterocycles. The fraction of sp³-hybridized carbons (Fsp3) is 0.714. The van der Waals surface area contributed by atoms with Crippen molar-refractivity contribution in [2.45, 2.75) is 44.8 Å². The third-order valence-electron chi connectivity index (χ3n) is 4.24. The second-order valence-electron chi connectivity index (χ2n) is 5.59. The molecule has 0 aliphatic carbocycles. The van der Waals surface area contributed by atoms with Crippen LogP contribution in [0.3, 0.4) is 0 Å². The average molecular weight is 280 g/mol. The molecule has 1 aromatic heterocycles. The van der Waals surface area contributed by atoms with Crippen LogP contribution in [0.2, 0.25) is 0 Å². The lowest BCUT2D eigenvalue weighted by Gasteiger charge is -2.23. The Labute approximate surface area is 120 Å². The van der Waals surface area contributed by atoms with Crippen molar-refractivity contribution >= 4 is 6.09 Å². The molecular formula is C14H24N4O2.